The Labute approximate surface area is 106 Å². The Kier molecular flexibility index (Phi) is 4.83. The molecule has 0 aromatic heterocycles. The van der Waals surface area contributed by atoms with Gasteiger partial charge in [0.2, 0.25) is 0 Å². The minimum absolute atomic E-state index is 0.471. The molecule has 0 spiro atoms. The van der Waals surface area contributed by atoms with Gasteiger partial charge >= 0.3 is 0 Å². The molecule has 1 unspecified atom stereocenters. The van der Waals surface area contributed by atoms with E-state index in [-0.39, 0.29) is 0 Å². The maximum atomic E-state index is 10.3. The van der Waals surface area contributed by atoms with E-state index in [2.05, 4.69) is 17.3 Å². The fourth-order valence-corrected chi connectivity index (χ4v) is 3.33. The SMILES string of the molecule is CN(CCC1CCCCC1)CC1(O)CCNC1. The highest BCUT2D eigenvalue weighted by Crippen LogP contribution is 2.26. The van der Waals surface area contributed by atoms with Crippen molar-refractivity contribution in [2.24, 2.45) is 5.92 Å². The lowest BCUT2D eigenvalue weighted by Gasteiger charge is -2.30. The molecule has 2 rings (SSSR count). The Morgan fingerprint density at radius 3 is 2.71 bits per heavy atom. The topological polar surface area (TPSA) is 35.5 Å². The van der Waals surface area contributed by atoms with E-state index in [0.29, 0.717) is 0 Å². The molecule has 17 heavy (non-hydrogen) atoms. The third-order valence-electron chi connectivity index (χ3n) is 4.43. The molecule has 0 amide bonds. The summed E-state index contributed by atoms with van der Waals surface area (Å²) >= 11 is 0. The van der Waals surface area contributed by atoms with Crippen LogP contribution in [-0.2, 0) is 0 Å². The van der Waals surface area contributed by atoms with Crippen molar-refractivity contribution in [3.8, 4) is 0 Å². The lowest BCUT2D eigenvalue weighted by atomic mass is 9.87. The number of nitrogens with zero attached hydrogens (tertiary/aromatic N) is 1. The first kappa shape index (κ1) is 13.3. The van der Waals surface area contributed by atoms with Crippen LogP contribution >= 0.6 is 0 Å². The molecule has 2 N–H and O–H groups in total. The molecule has 0 aromatic carbocycles. The Hall–Kier alpha value is -0.120. The van der Waals surface area contributed by atoms with E-state index < -0.39 is 5.60 Å². The Bertz CT molecular complexity index is 220. The molecule has 1 aliphatic heterocycles. The van der Waals surface area contributed by atoms with Crippen molar-refractivity contribution >= 4 is 0 Å². The zero-order chi connectivity index (χ0) is 12.1. The van der Waals surface area contributed by atoms with Crippen LogP contribution in [-0.4, -0.2) is 48.8 Å². The quantitative estimate of drug-likeness (QED) is 0.766. The average molecular weight is 240 g/mol. The predicted molar refractivity (Wildman–Crippen MR) is 71.1 cm³/mol. The van der Waals surface area contributed by atoms with Gasteiger partial charge in [0.15, 0.2) is 0 Å². The number of rotatable bonds is 5. The number of hydrogen-bond donors (Lipinski definition) is 2. The smallest absolute Gasteiger partial charge is 0.0909 e. The molecule has 1 saturated carbocycles. The summed E-state index contributed by atoms with van der Waals surface area (Å²) in [7, 11) is 2.15. The Balaban J connectivity index is 1.64. The summed E-state index contributed by atoms with van der Waals surface area (Å²) in [6.45, 7) is 3.70. The lowest BCUT2D eigenvalue weighted by molar-refractivity contribution is 0.0267. The standard InChI is InChI=1S/C14H28N2O/c1-16(12-14(17)8-9-15-11-14)10-7-13-5-3-2-4-6-13/h13,15,17H,2-12H2,1H3. The fourth-order valence-electron chi connectivity index (χ4n) is 3.33. The normalized spacial score (nSPS) is 31.2. The van der Waals surface area contributed by atoms with Crippen molar-refractivity contribution in [1.29, 1.82) is 0 Å². The van der Waals surface area contributed by atoms with Gasteiger partial charge in [0.25, 0.3) is 0 Å². The number of aliphatic hydroxyl groups is 1. The molecule has 100 valence electrons. The first-order valence-corrected chi connectivity index (χ1v) is 7.30. The molecule has 2 aliphatic rings. The molecule has 0 aromatic rings. The summed E-state index contributed by atoms with van der Waals surface area (Å²) in [4.78, 5) is 2.32. The van der Waals surface area contributed by atoms with Crippen molar-refractivity contribution in [2.75, 3.05) is 33.2 Å². The van der Waals surface area contributed by atoms with Crippen LogP contribution in [0.5, 0.6) is 0 Å². The van der Waals surface area contributed by atoms with Crippen LogP contribution in [0.15, 0.2) is 0 Å². The second kappa shape index (κ2) is 6.17. The molecule has 0 radical (unpaired) electrons. The average Bonchev–Trinajstić information content (AvgIpc) is 2.74. The minimum Gasteiger partial charge on any atom is -0.387 e. The van der Waals surface area contributed by atoms with Gasteiger partial charge in [-0.2, -0.15) is 0 Å². The molecule has 2 fully saturated rings. The highest BCUT2D eigenvalue weighted by molar-refractivity contribution is 4.90. The Morgan fingerprint density at radius 2 is 2.06 bits per heavy atom. The second-order valence-corrected chi connectivity index (χ2v) is 6.18. The lowest BCUT2D eigenvalue weighted by Crippen LogP contribution is -2.43. The highest BCUT2D eigenvalue weighted by Gasteiger charge is 2.32. The van der Waals surface area contributed by atoms with Crippen LogP contribution in [0.3, 0.4) is 0 Å². The molecule has 1 atom stereocenters. The number of β-amino-alcohol motifs (C(OH)–C–C–N with tert-alkyl or cyclic N) is 1. The van der Waals surface area contributed by atoms with Crippen LogP contribution < -0.4 is 5.32 Å². The van der Waals surface area contributed by atoms with E-state index in [1.807, 2.05) is 0 Å². The van der Waals surface area contributed by atoms with Gasteiger partial charge in [0.1, 0.15) is 0 Å². The molecule has 1 saturated heterocycles. The van der Waals surface area contributed by atoms with Gasteiger partial charge < -0.3 is 15.3 Å². The van der Waals surface area contributed by atoms with E-state index in [0.717, 1.165) is 38.5 Å². The van der Waals surface area contributed by atoms with Gasteiger partial charge in [-0.1, -0.05) is 32.1 Å². The summed E-state index contributed by atoms with van der Waals surface area (Å²) in [6.07, 6.45) is 9.39. The maximum absolute atomic E-state index is 10.3. The van der Waals surface area contributed by atoms with Gasteiger partial charge in [0.05, 0.1) is 5.60 Å². The zero-order valence-corrected chi connectivity index (χ0v) is 11.2. The monoisotopic (exact) mass is 240 g/mol. The minimum atomic E-state index is -0.471. The molecule has 3 nitrogen and oxygen atoms in total. The third kappa shape index (κ3) is 4.23. The number of nitrogens with one attached hydrogen (secondary N) is 1. The molecular weight excluding hydrogens is 212 g/mol. The third-order valence-corrected chi connectivity index (χ3v) is 4.43. The summed E-state index contributed by atoms with van der Waals surface area (Å²) in [6, 6.07) is 0. The predicted octanol–water partition coefficient (Wildman–Crippen LogP) is 1.61. The fraction of sp³-hybridized carbons (Fsp3) is 1.00. The van der Waals surface area contributed by atoms with E-state index in [4.69, 9.17) is 0 Å². The van der Waals surface area contributed by atoms with Gasteiger partial charge in [-0.05, 0) is 38.9 Å². The second-order valence-electron chi connectivity index (χ2n) is 6.18. The number of hydrogen-bond acceptors (Lipinski definition) is 3. The van der Waals surface area contributed by atoms with Crippen molar-refractivity contribution in [2.45, 2.75) is 50.5 Å². The number of likely N-dealkylation sites (N-methyl/N-ethyl adjacent to an activating group) is 1. The summed E-state index contributed by atoms with van der Waals surface area (Å²) in [5, 5.41) is 13.5. The molecule has 3 heteroatoms. The Morgan fingerprint density at radius 1 is 1.29 bits per heavy atom. The largest absolute Gasteiger partial charge is 0.387 e. The van der Waals surface area contributed by atoms with E-state index in [1.54, 1.807) is 0 Å². The molecule has 1 aliphatic carbocycles. The van der Waals surface area contributed by atoms with E-state index in [9.17, 15) is 5.11 Å². The van der Waals surface area contributed by atoms with Gasteiger partial charge in [-0.25, -0.2) is 0 Å². The van der Waals surface area contributed by atoms with E-state index >= 15 is 0 Å². The van der Waals surface area contributed by atoms with Crippen LogP contribution in [0.25, 0.3) is 0 Å². The molecule has 0 bridgehead atoms. The van der Waals surface area contributed by atoms with Crippen molar-refractivity contribution in [3.63, 3.8) is 0 Å². The van der Waals surface area contributed by atoms with Gasteiger partial charge in [-0.3, -0.25) is 0 Å². The first-order chi connectivity index (χ1) is 8.18. The van der Waals surface area contributed by atoms with Crippen LogP contribution in [0.2, 0.25) is 0 Å². The maximum Gasteiger partial charge on any atom is 0.0909 e. The first-order valence-electron chi connectivity index (χ1n) is 7.30. The summed E-state index contributed by atoms with van der Waals surface area (Å²) < 4.78 is 0. The van der Waals surface area contributed by atoms with Crippen LogP contribution in [0, 0.1) is 5.92 Å². The highest BCUT2D eigenvalue weighted by atomic mass is 16.3. The van der Waals surface area contributed by atoms with E-state index in [1.165, 1.54) is 38.5 Å². The van der Waals surface area contributed by atoms with Crippen molar-refractivity contribution in [3.05, 3.63) is 0 Å². The van der Waals surface area contributed by atoms with Gasteiger partial charge in [-0.15, -0.1) is 0 Å². The van der Waals surface area contributed by atoms with Crippen molar-refractivity contribution < 1.29 is 5.11 Å². The zero-order valence-electron chi connectivity index (χ0n) is 11.2. The summed E-state index contributed by atoms with van der Waals surface area (Å²) in [5.41, 5.74) is -0.471. The van der Waals surface area contributed by atoms with Crippen LogP contribution in [0.1, 0.15) is 44.9 Å². The van der Waals surface area contributed by atoms with Crippen LogP contribution in [0.4, 0.5) is 0 Å². The summed E-state index contributed by atoms with van der Waals surface area (Å²) in [5.74, 6) is 0.947. The van der Waals surface area contributed by atoms with Crippen molar-refractivity contribution in [1.82, 2.24) is 10.2 Å². The molecular formula is C14H28N2O. The van der Waals surface area contributed by atoms with Gasteiger partial charge in [0, 0.05) is 13.1 Å². The molecule has 1 heterocycles.